The lowest BCUT2D eigenvalue weighted by Crippen LogP contribution is -2.40. The van der Waals surface area contributed by atoms with Crippen LogP contribution in [0.2, 0.25) is 10.0 Å². The molecule has 1 N–H and O–H groups in total. The van der Waals surface area contributed by atoms with E-state index in [1.54, 1.807) is 0 Å². The largest absolute Gasteiger partial charge is 0.353 e. The molecule has 9 heteroatoms. The predicted molar refractivity (Wildman–Crippen MR) is 183 cm³/mol. The van der Waals surface area contributed by atoms with Crippen LogP contribution in [0.1, 0.15) is 46.7 Å². The molecule has 1 saturated heterocycles. The van der Waals surface area contributed by atoms with Gasteiger partial charge in [-0.2, -0.15) is 0 Å². The van der Waals surface area contributed by atoms with Crippen molar-refractivity contribution in [2.45, 2.75) is 37.8 Å². The molecule has 1 fully saturated rings. The van der Waals surface area contributed by atoms with Crippen molar-refractivity contribution in [1.82, 2.24) is 24.3 Å². The van der Waals surface area contributed by atoms with Crippen LogP contribution in [0.3, 0.4) is 0 Å². The average molecular weight is 642 g/mol. The number of piperidine rings is 1. The van der Waals surface area contributed by atoms with E-state index in [0.29, 0.717) is 28.2 Å². The Morgan fingerprint density at radius 1 is 0.956 bits per heavy atom. The summed E-state index contributed by atoms with van der Waals surface area (Å²) in [5, 5.41) is 4.85. The van der Waals surface area contributed by atoms with Gasteiger partial charge in [-0.15, -0.1) is 0 Å². The minimum absolute atomic E-state index is 0.0162. The molecule has 2 aromatic heterocycles. The number of para-hydroxylation sites is 2. The van der Waals surface area contributed by atoms with Crippen LogP contribution in [0.25, 0.3) is 11.0 Å². The number of imidazole rings is 1. The van der Waals surface area contributed by atoms with Crippen LogP contribution in [0.5, 0.6) is 0 Å². The maximum atomic E-state index is 13.2. The van der Waals surface area contributed by atoms with Gasteiger partial charge in [-0.3, -0.25) is 9.78 Å². The van der Waals surface area contributed by atoms with E-state index in [1.165, 1.54) is 5.56 Å². The Labute approximate surface area is 274 Å². The number of carbonyl (C=O) groups is 1. The molecule has 0 spiro atoms. The summed E-state index contributed by atoms with van der Waals surface area (Å²) in [7, 11) is 1.87. The third-order valence-electron chi connectivity index (χ3n) is 8.74. The molecule has 232 valence electrons. The fourth-order valence-electron chi connectivity index (χ4n) is 6.18. The third-order valence-corrected chi connectivity index (χ3v) is 9.47. The first-order valence-electron chi connectivity index (χ1n) is 15.5. The number of rotatable bonds is 11. The smallest absolute Gasteiger partial charge is 0.253 e. The van der Waals surface area contributed by atoms with Gasteiger partial charge in [0.15, 0.2) is 0 Å². The lowest BCUT2D eigenvalue weighted by Gasteiger charge is -2.34. The number of anilines is 1. The van der Waals surface area contributed by atoms with Gasteiger partial charge in [0.05, 0.1) is 27.6 Å². The number of likely N-dealkylation sites (tertiary alicyclic amines) is 1. The summed E-state index contributed by atoms with van der Waals surface area (Å²) in [5.41, 5.74) is 5.10. The second kappa shape index (κ2) is 14.5. The zero-order valence-electron chi connectivity index (χ0n) is 25.4. The zero-order chi connectivity index (χ0) is 31.2. The van der Waals surface area contributed by atoms with Gasteiger partial charge in [0.1, 0.15) is 0 Å². The molecule has 0 bridgehead atoms. The number of halogens is 2. The Bertz CT molecular complexity index is 1720. The summed E-state index contributed by atoms with van der Waals surface area (Å²) >= 11 is 12.7. The normalized spacial score (nSPS) is 14.8. The number of nitrogens with one attached hydrogen (secondary N) is 1. The molecule has 1 amide bonds. The molecule has 3 heterocycles. The van der Waals surface area contributed by atoms with E-state index in [1.807, 2.05) is 78.9 Å². The van der Waals surface area contributed by atoms with Crippen LogP contribution in [-0.2, 0) is 6.54 Å². The van der Waals surface area contributed by atoms with Crippen LogP contribution >= 0.6 is 23.2 Å². The molecule has 1 aliphatic heterocycles. The van der Waals surface area contributed by atoms with E-state index < -0.39 is 0 Å². The molecule has 5 aromatic rings. The van der Waals surface area contributed by atoms with Gasteiger partial charge in [-0.05, 0) is 85.5 Å². The number of hydrogen-bond donors (Lipinski definition) is 1. The second-order valence-electron chi connectivity index (χ2n) is 11.8. The van der Waals surface area contributed by atoms with E-state index in [9.17, 15) is 4.79 Å². The van der Waals surface area contributed by atoms with Gasteiger partial charge < -0.3 is 19.7 Å². The van der Waals surface area contributed by atoms with Gasteiger partial charge in [-0.25, -0.2) is 4.98 Å². The fourth-order valence-corrected chi connectivity index (χ4v) is 6.49. The summed E-state index contributed by atoms with van der Waals surface area (Å²) in [4.78, 5) is 26.6. The predicted octanol–water partition coefficient (Wildman–Crippen LogP) is 7.61. The maximum Gasteiger partial charge on any atom is 0.253 e. The number of benzene rings is 3. The number of aromatic nitrogens is 3. The van der Waals surface area contributed by atoms with Crippen molar-refractivity contribution in [1.29, 1.82) is 0 Å². The second-order valence-corrected chi connectivity index (χ2v) is 12.7. The Morgan fingerprint density at radius 3 is 2.44 bits per heavy atom. The van der Waals surface area contributed by atoms with Gasteiger partial charge in [0.25, 0.3) is 5.91 Å². The summed E-state index contributed by atoms with van der Waals surface area (Å²) < 4.78 is 2.27. The fraction of sp³-hybridized carbons (Fsp3) is 0.306. The van der Waals surface area contributed by atoms with Crippen molar-refractivity contribution in [2.75, 3.05) is 38.5 Å². The SMILES string of the molecule is CN(CC(CCN1CCC(Nc2nc3ccccc3n2Cc2ccncc2)CC1)c1ccc(Cl)c(Cl)c1)C(=O)c1ccccc1. The summed E-state index contributed by atoms with van der Waals surface area (Å²) in [6.45, 7) is 4.26. The van der Waals surface area contributed by atoms with Crippen molar-refractivity contribution >= 4 is 46.1 Å². The van der Waals surface area contributed by atoms with E-state index >= 15 is 0 Å². The highest BCUT2D eigenvalue weighted by molar-refractivity contribution is 6.42. The number of pyridine rings is 1. The van der Waals surface area contributed by atoms with E-state index in [4.69, 9.17) is 28.2 Å². The molecule has 45 heavy (non-hydrogen) atoms. The topological polar surface area (TPSA) is 66.3 Å². The highest BCUT2D eigenvalue weighted by atomic mass is 35.5. The first-order chi connectivity index (χ1) is 21.9. The number of amides is 1. The molecule has 0 aliphatic carbocycles. The molecule has 6 rings (SSSR count). The van der Waals surface area contributed by atoms with Gasteiger partial charge in [0, 0.05) is 56.6 Å². The van der Waals surface area contributed by atoms with E-state index in [2.05, 4.69) is 50.1 Å². The first kappa shape index (κ1) is 31.1. The van der Waals surface area contributed by atoms with Crippen LogP contribution in [-0.4, -0.2) is 69.5 Å². The molecule has 1 atom stereocenters. The molecular weight excluding hydrogens is 603 g/mol. The lowest BCUT2D eigenvalue weighted by molar-refractivity contribution is 0.0782. The summed E-state index contributed by atoms with van der Waals surface area (Å²) in [5.74, 6) is 1.06. The third kappa shape index (κ3) is 7.67. The molecular formula is C36H38Cl2N6O. The number of nitrogens with zero attached hydrogens (tertiary/aromatic N) is 5. The Hall–Kier alpha value is -3.91. The van der Waals surface area contributed by atoms with Gasteiger partial charge in [-0.1, -0.05) is 59.6 Å². The van der Waals surface area contributed by atoms with Crippen molar-refractivity contribution < 1.29 is 4.79 Å². The van der Waals surface area contributed by atoms with Crippen molar-refractivity contribution in [3.8, 4) is 0 Å². The first-order valence-corrected chi connectivity index (χ1v) is 16.3. The minimum atomic E-state index is 0.0162. The molecule has 7 nitrogen and oxygen atoms in total. The van der Waals surface area contributed by atoms with Crippen molar-refractivity contribution in [2.24, 2.45) is 0 Å². The van der Waals surface area contributed by atoms with Crippen LogP contribution in [0, 0.1) is 0 Å². The molecule has 1 unspecified atom stereocenters. The number of carbonyl (C=O) groups excluding carboxylic acids is 1. The average Bonchev–Trinajstić information content (AvgIpc) is 3.41. The summed E-state index contributed by atoms with van der Waals surface area (Å²) in [6.07, 6.45) is 6.64. The van der Waals surface area contributed by atoms with Crippen LogP contribution < -0.4 is 5.32 Å². The molecule has 3 aromatic carbocycles. The highest BCUT2D eigenvalue weighted by Gasteiger charge is 2.24. The van der Waals surface area contributed by atoms with Crippen molar-refractivity contribution in [3.05, 3.63) is 124 Å². The van der Waals surface area contributed by atoms with E-state index in [-0.39, 0.29) is 11.8 Å². The standard InChI is InChI=1S/C36H38Cl2N6O/c1-42(35(45)27-7-3-2-4-8-27)25-29(28-11-12-31(37)32(38)23-28)15-20-43-21-16-30(17-22-43)40-36-41-33-9-5-6-10-34(33)44(36)24-26-13-18-39-19-14-26/h2-14,18-19,23,29-30H,15-17,20-22,24-25H2,1H3,(H,40,41). The number of hydrogen-bond acceptors (Lipinski definition) is 5. The molecule has 1 aliphatic rings. The molecule has 0 saturated carbocycles. The maximum absolute atomic E-state index is 13.2. The minimum Gasteiger partial charge on any atom is -0.353 e. The number of fused-ring (bicyclic) bond motifs is 1. The Kier molecular flexibility index (Phi) is 9.99. The quantitative estimate of drug-likeness (QED) is 0.161. The van der Waals surface area contributed by atoms with Crippen LogP contribution in [0.4, 0.5) is 5.95 Å². The van der Waals surface area contributed by atoms with Gasteiger partial charge in [0.2, 0.25) is 5.95 Å². The Morgan fingerprint density at radius 2 is 1.69 bits per heavy atom. The summed E-state index contributed by atoms with van der Waals surface area (Å²) in [6, 6.07) is 28.0. The lowest BCUT2D eigenvalue weighted by atomic mass is 9.94. The van der Waals surface area contributed by atoms with Crippen LogP contribution in [0.15, 0.2) is 97.3 Å². The highest BCUT2D eigenvalue weighted by Crippen LogP contribution is 2.30. The number of likely N-dealkylation sites (N-methyl/N-ethyl adjacent to an activating group) is 1. The van der Waals surface area contributed by atoms with Gasteiger partial charge >= 0.3 is 0 Å². The molecule has 0 radical (unpaired) electrons. The Balaban J connectivity index is 1.09. The van der Waals surface area contributed by atoms with E-state index in [0.717, 1.165) is 68.0 Å². The monoisotopic (exact) mass is 640 g/mol. The zero-order valence-corrected chi connectivity index (χ0v) is 27.0. The van der Waals surface area contributed by atoms with Crippen molar-refractivity contribution in [3.63, 3.8) is 0 Å².